The van der Waals surface area contributed by atoms with Gasteiger partial charge in [0, 0.05) is 13.2 Å². The van der Waals surface area contributed by atoms with E-state index in [0.717, 1.165) is 0 Å². The predicted octanol–water partition coefficient (Wildman–Crippen LogP) is 1.58. The highest BCUT2D eigenvalue weighted by atomic mass is 16.5. The zero-order chi connectivity index (χ0) is 14.6. The first-order valence-corrected chi connectivity index (χ1v) is 6.22. The molecule has 0 saturated carbocycles. The van der Waals surface area contributed by atoms with Gasteiger partial charge >= 0.3 is 5.97 Å². The van der Waals surface area contributed by atoms with E-state index in [1.54, 1.807) is 24.9 Å². The minimum absolute atomic E-state index is 0.256. The van der Waals surface area contributed by atoms with Crippen molar-refractivity contribution in [3.05, 3.63) is 12.4 Å². The van der Waals surface area contributed by atoms with Gasteiger partial charge in [0.1, 0.15) is 5.92 Å². The molecule has 1 rings (SSSR count). The molecule has 1 atom stereocenters. The maximum atomic E-state index is 12.2. The molecule has 1 unspecified atom stereocenters. The Morgan fingerprint density at radius 2 is 2.11 bits per heavy atom. The summed E-state index contributed by atoms with van der Waals surface area (Å²) in [5.41, 5.74) is 0.0458. The Morgan fingerprint density at radius 3 is 2.53 bits per heavy atom. The molecule has 0 aliphatic heterocycles. The third kappa shape index (κ3) is 4.08. The fraction of sp³-hybridized carbons (Fsp3) is 0.615. The van der Waals surface area contributed by atoms with E-state index in [-0.39, 0.29) is 12.5 Å². The van der Waals surface area contributed by atoms with Crippen molar-refractivity contribution in [1.82, 2.24) is 9.78 Å². The molecule has 0 aliphatic carbocycles. The quantitative estimate of drug-likeness (QED) is 0.664. The Labute approximate surface area is 113 Å². The van der Waals surface area contributed by atoms with Crippen LogP contribution in [0.2, 0.25) is 0 Å². The maximum absolute atomic E-state index is 12.2. The fourth-order valence-corrected chi connectivity index (χ4v) is 1.78. The number of anilines is 1. The van der Waals surface area contributed by atoms with Gasteiger partial charge in [-0.3, -0.25) is 14.3 Å². The molecule has 0 aromatic carbocycles. The zero-order valence-electron chi connectivity index (χ0n) is 12.1. The normalized spacial score (nSPS) is 12.9. The number of rotatable bonds is 4. The second kappa shape index (κ2) is 5.86. The summed E-state index contributed by atoms with van der Waals surface area (Å²) in [4.78, 5) is 24.2. The molecule has 6 nitrogen and oxygen atoms in total. The Balaban J connectivity index is 2.86. The van der Waals surface area contributed by atoms with Crippen LogP contribution in [0.3, 0.4) is 0 Å². The van der Waals surface area contributed by atoms with Crippen LogP contribution in [0, 0.1) is 11.3 Å². The van der Waals surface area contributed by atoms with Gasteiger partial charge < -0.3 is 10.1 Å². The van der Waals surface area contributed by atoms with E-state index in [2.05, 4.69) is 10.4 Å². The summed E-state index contributed by atoms with van der Waals surface area (Å²) >= 11 is 0. The van der Waals surface area contributed by atoms with Gasteiger partial charge in [-0.15, -0.1) is 0 Å². The van der Waals surface area contributed by atoms with Crippen molar-refractivity contribution in [2.24, 2.45) is 18.4 Å². The third-order valence-electron chi connectivity index (χ3n) is 2.62. The zero-order valence-corrected chi connectivity index (χ0v) is 12.1. The summed E-state index contributed by atoms with van der Waals surface area (Å²) in [6, 6.07) is 0. The molecule has 0 radical (unpaired) electrons. The average molecular weight is 267 g/mol. The van der Waals surface area contributed by atoms with Crippen LogP contribution in [0.4, 0.5) is 5.69 Å². The van der Waals surface area contributed by atoms with Crippen molar-refractivity contribution in [3.63, 3.8) is 0 Å². The van der Waals surface area contributed by atoms with Gasteiger partial charge in [0.15, 0.2) is 0 Å². The summed E-state index contributed by atoms with van der Waals surface area (Å²) in [7, 11) is 1.75. The largest absolute Gasteiger partial charge is 0.465 e. The minimum Gasteiger partial charge on any atom is -0.465 e. The number of carbonyl (C=O) groups is 2. The fourth-order valence-electron chi connectivity index (χ4n) is 1.78. The van der Waals surface area contributed by atoms with Crippen molar-refractivity contribution in [2.45, 2.75) is 27.7 Å². The van der Waals surface area contributed by atoms with E-state index in [1.807, 2.05) is 20.8 Å². The van der Waals surface area contributed by atoms with Crippen LogP contribution in [0.25, 0.3) is 0 Å². The molecule has 1 aromatic heterocycles. The molecule has 0 aliphatic rings. The van der Waals surface area contributed by atoms with Gasteiger partial charge in [0.25, 0.3) is 0 Å². The Morgan fingerprint density at radius 1 is 1.47 bits per heavy atom. The SMILES string of the molecule is CCOC(=O)C(C(=O)Nc1cnn(C)c1)C(C)(C)C. The smallest absolute Gasteiger partial charge is 0.319 e. The average Bonchev–Trinajstić information content (AvgIpc) is 2.61. The number of nitrogens with one attached hydrogen (secondary N) is 1. The van der Waals surface area contributed by atoms with Crippen molar-refractivity contribution >= 4 is 17.6 Å². The van der Waals surface area contributed by atoms with Gasteiger partial charge in [0.2, 0.25) is 5.91 Å². The van der Waals surface area contributed by atoms with Crippen molar-refractivity contribution in [1.29, 1.82) is 0 Å². The topological polar surface area (TPSA) is 73.2 Å². The number of hydrogen-bond donors (Lipinski definition) is 1. The van der Waals surface area contributed by atoms with Crippen LogP contribution in [0.15, 0.2) is 12.4 Å². The summed E-state index contributed by atoms with van der Waals surface area (Å²) in [5, 5.41) is 6.64. The number of hydrogen-bond acceptors (Lipinski definition) is 4. The number of nitrogens with zero attached hydrogens (tertiary/aromatic N) is 2. The number of amides is 1. The van der Waals surface area contributed by atoms with Gasteiger partial charge in [0.05, 0.1) is 18.5 Å². The minimum atomic E-state index is -0.854. The predicted molar refractivity (Wildman–Crippen MR) is 71.4 cm³/mol. The monoisotopic (exact) mass is 267 g/mol. The first kappa shape index (κ1) is 15.2. The lowest BCUT2D eigenvalue weighted by Gasteiger charge is -2.27. The van der Waals surface area contributed by atoms with Crippen molar-refractivity contribution in [2.75, 3.05) is 11.9 Å². The van der Waals surface area contributed by atoms with Gasteiger partial charge in [-0.2, -0.15) is 5.10 Å². The number of esters is 1. The molecule has 0 spiro atoms. The highest BCUT2D eigenvalue weighted by Crippen LogP contribution is 2.28. The van der Waals surface area contributed by atoms with E-state index in [0.29, 0.717) is 5.69 Å². The maximum Gasteiger partial charge on any atom is 0.319 e. The molecule has 1 amide bonds. The standard InChI is InChI=1S/C13H21N3O3/c1-6-19-12(18)10(13(2,3)4)11(17)15-9-7-14-16(5)8-9/h7-8,10H,6H2,1-5H3,(H,15,17). The van der Waals surface area contributed by atoms with Crippen LogP contribution < -0.4 is 5.32 Å². The molecule has 19 heavy (non-hydrogen) atoms. The number of aromatic nitrogens is 2. The van der Waals surface area contributed by atoms with E-state index >= 15 is 0 Å². The van der Waals surface area contributed by atoms with Gasteiger partial charge in [-0.25, -0.2) is 0 Å². The van der Waals surface area contributed by atoms with E-state index < -0.39 is 17.3 Å². The lowest BCUT2D eigenvalue weighted by atomic mass is 9.80. The molecule has 6 heteroatoms. The molecule has 0 saturated heterocycles. The van der Waals surface area contributed by atoms with Crippen LogP contribution in [0.1, 0.15) is 27.7 Å². The third-order valence-corrected chi connectivity index (χ3v) is 2.62. The second-order valence-electron chi connectivity index (χ2n) is 5.44. The van der Waals surface area contributed by atoms with E-state index in [4.69, 9.17) is 4.74 Å². The van der Waals surface area contributed by atoms with E-state index in [9.17, 15) is 9.59 Å². The lowest BCUT2D eigenvalue weighted by molar-refractivity contribution is -0.155. The summed E-state index contributed by atoms with van der Waals surface area (Å²) < 4.78 is 6.55. The number of carbonyl (C=O) groups excluding carboxylic acids is 2. The molecule has 1 N–H and O–H groups in total. The highest BCUT2D eigenvalue weighted by Gasteiger charge is 2.39. The summed E-state index contributed by atoms with van der Waals surface area (Å²) in [6.45, 7) is 7.47. The molecule has 0 bridgehead atoms. The first-order valence-electron chi connectivity index (χ1n) is 6.22. The second-order valence-corrected chi connectivity index (χ2v) is 5.44. The number of aryl methyl sites for hydroxylation is 1. The Hall–Kier alpha value is -1.85. The first-order chi connectivity index (χ1) is 8.75. The molecule has 0 fully saturated rings. The van der Waals surface area contributed by atoms with E-state index in [1.165, 1.54) is 6.20 Å². The summed E-state index contributed by atoms with van der Waals surface area (Å²) in [5.74, 6) is -1.73. The Kier molecular flexibility index (Phi) is 4.69. The van der Waals surface area contributed by atoms with Crippen molar-refractivity contribution < 1.29 is 14.3 Å². The lowest BCUT2D eigenvalue weighted by Crippen LogP contribution is -2.40. The van der Waals surface area contributed by atoms with Crippen LogP contribution >= 0.6 is 0 Å². The number of ether oxygens (including phenoxy) is 1. The van der Waals surface area contributed by atoms with Gasteiger partial charge in [-0.1, -0.05) is 20.8 Å². The van der Waals surface area contributed by atoms with Crippen LogP contribution in [-0.4, -0.2) is 28.3 Å². The van der Waals surface area contributed by atoms with Crippen LogP contribution in [0.5, 0.6) is 0 Å². The molecular weight excluding hydrogens is 246 g/mol. The molecule has 106 valence electrons. The van der Waals surface area contributed by atoms with Gasteiger partial charge in [-0.05, 0) is 12.3 Å². The van der Waals surface area contributed by atoms with Crippen LogP contribution in [-0.2, 0) is 21.4 Å². The molecule has 1 heterocycles. The summed E-state index contributed by atoms with van der Waals surface area (Å²) in [6.07, 6.45) is 3.20. The van der Waals surface area contributed by atoms with Crippen molar-refractivity contribution in [3.8, 4) is 0 Å². The molecular formula is C13H21N3O3. The molecule has 1 aromatic rings. The Bertz CT molecular complexity index is 460. The highest BCUT2D eigenvalue weighted by molar-refractivity contribution is 6.05.